The predicted octanol–water partition coefficient (Wildman–Crippen LogP) is 0.680. The number of primary amides is 1. The van der Waals surface area contributed by atoms with E-state index in [0.717, 1.165) is 12.8 Å². The molecule has 0 aromatic rings. The largest absolute Gasteiger partial charge is 0.370 e. The van der Waals surface area contributed by atoms with Gasteiger partial charge in [-0.3, -0.25) is 9.59 Å². The summed E-state index contributed by atoms with van der Waals surface area (Å²) >= 11 is 0. The molecule has 0 bridgehead atoms. The number of nitrogens with one attached hydrogen (secondary N) is 2. The van der Waals surface area contributed by atoms with E-state index in [4.69, 9.17) is 5.73 Å². The fourth-order valence-corrected chi connectivity index (χ4v) is 2.60. The Balaban J connectivity index is 2.26. The Bertz CT molecular complexity index is 286. The fourth-order valence-electron chi connectivity index (χ4n) is 2.60. The number of amides is 2. The average molecular weight is 255 g/mol. The highest BCUT2D eigenvalue weighted by Crippen LogP contribution is 2.30. The first-order valence-electron chi connectivity index (χ1n) is 6.82. The van der Waals surface area contributed by atoms with Crippen LogP contribution in [0.5, 0.6) is 0 Å². The molecule has 0 aliphatic heterocycles. The molecule has 0 aromatic carbocycles. The molecule has 4 N–H and O–H groups in total. The van der Waals surface area contributed by atoms with Crippen LogP contribution in [0.2, 0.25) is 0 Å². The molecule has 0 radical (unpaired) electrons. The van der Waals surface area contributed by atoms with Crippen LogP contribution in [0.3, 0.4) is 0 Å². The van der Waals surface area contributed by atoms with Gasteiger partial charge in [-0.1, -0.05) is 19.3 Å². The second-order valence-electron chi connectivity index (χ2n) is 5.19. The molecule has 5 nitrogen and oxygen atoms in total. The summed E-state index contributed by atoms with van der Waals surface area (Å²) in [6.07, 6.45) is 7.26. The zero-order valence-electron chi connectivity index (χ0n) is 11.3. The van der Waals surface area contributed by atoms with Gasteiger partial charge in [-0.05, 0) is 26.3 Å². The molecule has 104 valence electrons. The van der Waals surface area contributed by atoms with Crippen molar-refractivity contribution in [1.29, 1.82) is 0 Å². The molecule has 18 heavy (non-hydrogen) atoms. The van der Waals surface area contributed by atoms with E-state index in [2.05, 4.69) is 10.6 Å². The van der Waals surface area contributed by atoms with Gasteiger partial charge >= 0.3 is 0 Å². The monoisotopic (exact) mass is 255 g/mol. The van der Waals surface area contributed by atoms with Crippen LogP contribution in [-0.2, 0) is 9.59 Å². The lowest BCUT2D eigenvalue weighted by Gasteiger charge is -2.36. The second-order valence-corrected chi connectivity index (χ2v) is 5.19. The molecule has 1 aliphatic rings. The Morgan fingerprint density at radius 3 is 2.44 bits per heavy atom. The van der Waals surface area contributed by atoms with Gasteiger partial charge in [0.2, 0.25) is 11.8 Å². The highest BCUT2D eigenvalue weighted by Gasteiger charge is 2.32. The minimum absolute atomic E-state index is 0.0218. The molecular weight excluding hydrogens is 230 g/mol. The van der Waals surface area contributed by atoms with Gasteiger partial charge in [0.25, 0.3) is 0 Å². The number of rotatable bonds is 7. The van der Waals surface area contributed by atoms with Gasteiger partial charge in [-0.15, -0.1) is 0 Å². The zero-order chi connectivity index (χ0) is 13.4. The number of carbonyl (C=O) groups excluding carboxylic acids is 2. The van der Waals surface area contributed by atoms with Crippen LogP contribution in [0.1, 0.15) is 51.4 Å². The third kappa shape index (κ3) is 5.04. The molecule has 2 amide bonds. The topological polar surface area (TPSA) is 84.2 Å². The Morgan fingerprint density at radius 2 is 1.89 bits per heavy atom. The molecule has 5 heteroatoms. The molecule has 0 saturated heterocycles. The van der Waals surface area contributed by atoms with E-state index in [1.165, 1.54) is 19.3 Å². The Kier molecular flexibility index (Phi) is 6.12. The number of hydrogen-bond acceptors (Lipinski definition) is 3. The van der Waals surface area contributed by atoms with E-state index in [-0.39, 0.29) is 17.4 Å². The van der Waals surface area contributed by atoms with Crippen LogP contribution in [0.15, 0.2) is 0 Å². The highest BCUT2D eigenvalue weighted by atomic mass is 16.2. The average Bonchev–Trinajstić information content (AvgIpc) is 2.35. The van der Waals surface area contributed by atoms with Crippen molar-refractivity contribution < 1.29 is 9.59 Å². The minimum atomic E-state index is -0.316. The third-order valence-corrected chi connectivity index (χ3v) is 3.76. The maximum atomic E-state index is 11.9. The van der Waals surface area contributed by atoms with Crippen molar-refractivity contribution >= 4 is 11.8 Å². The molecule has 0 unspecified atom stereocenters. The summed E-state index contributed by atoms with van der Waals surface area (Å²) in [6, 6.07) is 0. The highest BCUT2D eigenvalue weighted by molar-refractivity contribution is 5.77. The zero-order valence-corrected chi connectivity index (χ0v) is 11.3. The van der Waals surface area contributed by atoms with Crippen molar-refractivity contribution in [2.24, 2.45) is 5.73 Å². The van der Waals surface area contributed by atoms with Gasteiger partial charge in [0, 0.05) is 24.9 Å². The maximum Gasteiger partial charge on any atom is 0.221 e. The summed E-state index contributed by atoms with van der Waals surface area (Å²) < 4.78 is 0. The first kappa shape index (κ1) is 15.0. The third-order valence-electron chi connectivity index (χ3n) is 3.76. The van der Waals surface area contributed by atoms with E-state index in [9.17, 15) is 9.59 Å². The first-order valence-corrected chi connectivity index (χ1v) is 6.82. The molecule has 1 saturated carbocycles. The van der Waals surface area contributed by atoms with Crippen molar-refractivity contribution in [3.05, 3.63) is 0 Å². The number of hydrogen-bond donors (Lipinski definition) is 3. The standard InChI is InChI=1S/C13H25N3O2/c1-15-13(7-3-2-4-8-13)10-12(18)16-9-5-6-11(14)17/h15H,2-10H2,1H3,(H2,14,17)(H,16,18). The summed E-state index contributed by atoms with van der Waals surface area (Å²) in [5.41, 5.74) is 5.02. The van der Waals surface area contributed by atoms with Crippen molar-refractivity contribution in [3.8, 4) is 0 Å². The lowest BCUT2D eigenvalue weighted by molar-refractivity contribution is -0.123. The number of nitrogens with two attached hydrogens (primary N) is 1. The Labute approximate surface area is 109 Å². The van der Waals surface area contributed by atoms with Crippen molar-refractivity contribution in [2.75, 3.05) is 13.6 Å². The van der Waals surface area contributed by atoms with Gasteiger partial charge < -0.3 is 16.4 Å². The van der Waals surface area contributed by atoms with Crippen LogP contribution in [-0.4, -0.2) is 30.9 Å². The normalized spacial score (nSPS) is 18.3. The minimum Gasteiger partial charge on any atom is -0.370 e. The van der Waals surface area contributed by atoms with Gasteiger partial charge in [-0.25, -0.2) is 0 Å². The maximum absolute atomic E-state index is 11.9. The molecule has 0 aromatic heterocycles. The van der Waals surface area contributed by atoms with E-state index in [1.54, 1.807) is 0 Å². The Hall–Kier alpha value is -1.10. The van der Waals surface area contributed by atoms with E-state index in [0.29, 0.717) is 25.8 Å². The van der Waals surface area contributed by atoms with Crippen LogP contribution < -0.4 is 16.4 Å². The lowest BCUT2D eigenvalue weighted by Crippen LogP contribution is -2.48. The van der Waals surface area contributed by atoms with Gasteiger partial charge in [0.15, 0.2) is 0 Å². The molecule has 1 fully saturated rings. The predicted molar refractivity (Wildman–Crippen MR) is 70.9 cm³/mol. The summed E-state index contributed by atoms with van der Waals surface area (Å²) in [7, 11) is 1.94. The van der Waals surface area contributed by atoms with Gasteiger partial charge in [-0.2, -0.15) is 0 Å². The van der Waals surface area contributed by atoms with E-state index < -0.39 is 0 Å². The lowest BCUT2D eigenvalue weighted by atomic mass is 9.79. The molecule has 0 heterocycles. The van der Waals surface area contributed by atoms with Gasteiger partial charge in [0.1, 0.15) is 0 Å². The summed E-state index contributed by atoms with van der Waals surface area (Å²) in [5, 5.41) is 6.18. The molecule has 0 atom stereocenters. The quantitative estimate of drug-likeness (QED) is 0.585. The second kappa shape index (κ2) is 7.36. The van der Waals surface area contributed by atoms with Gasteiger partial charge in [0.05, 0.1) is 0 Å². The fraction of sp³-hybridized carbons (Fsp3) is 0.846. The van der Waals surface area contributed by atoms with Crippen LogP contribution in [0, 0.1) is 0 Å². The molecule has 1 rings (SSSR count). The van der Waals surface area contributed by atoms with Crippen LogP contribution >= 0.6 is 0 Å². The van der Waals surface area contributed by atoms with Crippen LogP contribution in [0.25, 0.3) is 0 Å². The summed E-state index contributed by atoms with van der Waals surface area (Å²) in [4.78, 5) is 22.4. The smallest absolute Gasteiger partial charge is 0.221 e. The SMILES string of the molecule is CNC1(CC(=O)NCCCC(N)=O)CCCCC1. The summed E-state index contributed by atoms with van der Waals surface area (Å²) in [5.74, 6) is -0.251. The van der Waals surface area contributed by atoms with Crippen molar-refractivity contribution in [3.63, 3.8) is 0 Å². The van der Waals surface area contributed by atoms with Crippen LogP contribution in [0.4, 0.5) is 0 Å². The Morgan fingerprint density at radius 1 is 1.22 bits per heavy atom. The van der Waals surface area contributed by atoms with Crippen molar-refractivity contribution in [2.45, 2.75) is 56.9 Å². The molecule has 0 spiro atoms. The number of carbonyl (C=O) groups is 2. The summed E-state index contributed by atoms with van der Waals surface area (Å²) in [6.45, 7) is 0.529. The first-order chi connectivity index (χ1) is 8.58. The molecular formula is C13H25N3O2. The molecule has 1 aliphatic carbocycles. The van der Waals surface area contributed by atoms with E-state index in [1.807, 2.05) is 7.05 Å². The van der Waals surface area contributed by atoms with E-state index >= 15 is 0 Å². The van der Waals surface area contributed by atoms with Crippen molar-refractivity contribution in [1.82, 2.24) is 10.6 Å².